The summed E-state index contributed by atoms with van der Waals surface area (Å²) in [7, 11) is 1.75. The molecule has 0 fully saturated rings. The Morgan fingerprint density at radius 3 is 2.68 bits per heavy atom. The lowest BCUT2D eigenvalue weighted by Crippen LogP contribution is -2.34. The third-order valence-electron chi connectivity index (χ3n) is 3.51. The standard InChI is InChI=1S/C17H16FN5OS/c1-20-17-21-9-8-13(22-17)14-6-7-15(25-14)23(16(19)24)10-11-2-4-12(18)5-3-11/h2-9H,10H2,1H3,(H2,19,24)(H,20,21,22). The van der Waals surface area contributed by atoms with Crippen molar-refractivity contribution in [2.75, 3.05) is 17.3 Å². The minimum atomic E-state index is -0.573. The molecule has 0 saturated heterocycles. The maximum atomic E-state index is 13.0. The van der Waals surface area contributed by atoms with E-state index < -0.39 is 6.03 Å². The van der Waals surface area contributed by atoms with E-state index in [1.807, 2.05) is 12.1 Å². The second-order valence-corrected chi connectivity index (χ2v) is 6.27. The van der Waals surface area contributed by atoms with E-state index in [2.05, 4.69) is 15.3 Å². The maximum Gasteiger partial charge on any atom is 0.320 e. The average Bonchev–Trinajstić information content (AvgIpc) is 3.10. The number of halogens is 1. The molecule has 8 heteroatoms. The van der Waals surface area contributed by atoms with Gasteiger partial charge in [-0.25, -0.2) is 19.2 Å². The SMILES string of the molecule is CNc1nccc(-c2ccc(N(Cc3ccc(F)cc3)C(N)=O)s2)n1. The minimum absolute atomic E-state index is 0.265. The Morgan fingerprint density at radius 2 is 2.00 bits per heavy atom. The molecule has 3 aromatic rings. The predicted octanol–water partition coefficient (Wildman–Crippen LogP) is 3.47. The van der Waals surface area contributed by atoms with Gasteiger partial charge in [-0.05, 0) is 35.9 Å². The van der Waals surface area contributed by atoms with Crippen molar-refractivity contribution in [1.82, 2.24) is 9.97 Å². The van der Waals surface area contributed by atoms with Crippen LogP contribution in [0.3, 0.4) is 0 Å². The van der Waals surface area contributed by atoms with Crippen LogP contribution >= 0.6 is 11.3 Å². The van der Waals surface area contributed by atoms with E-state index in [0.717, 1.165) is 16.1 Å². The first-order chi connectivity index (χ1) is 12.1. The monoisotopic (exact) mass is 357 g/mol. The zero-order valence-electron chi connectivity index (χ0n) is 13.4. The number of thiophene rings is 1. The van der Waals surface area contributed by atoms with Gasteiger partial charge in [0.15, 0.2) is 0 Å². The molecule has 0 aliphatic heterocycles. The van der Waals surface area contributed by atoms with E-state index in [-0.39, 0.29) is 12.4 Å². The Kier molecular flexibility index (Phi) is 4.90. The highest BCUT2D eigenvalue weighted by Crippen LogP contribution is 2.33. The number of benzene rings is 1. The second-order valence-electron chi connectivity index (χ2n) is 5.20. The Labute approximate surface area is 148 Å². The predicted molar refractivity (Wildman–Crippen MR) is 97.1 cm³/mol. The molecule has 6 nitrogen and oxygen atoms in total. The molecule has 0 unspecified atom stereocenters. The number of urea groups is 1. The van der Waals surface area contributed by atoms with Crippen LogP contribution in [0.2, 0.25) is 0 Å². The van der Waals surface area contributed by atoms with Crippen molar-refractivity contribution >= 4 is 28.3 Å². The Balaban J connectivity index is 1.86. The smallest absolute Gasteiger partial charge is 0.320 e. The topological polar surface area (TPSA) is 84.1 Å². The van der Waals surface area contributed by atoms with Crippen molar-refractivity contribution in [3.05, 3.63) is 60.0 Å². The number of primary amides is 1. The summed E-state index contributed by atoms with van der Waals surface area (Å²) < 4.78 is 13.0. The number of nitrogens with two attached hydrogens (primary N) is 1. The average molecular weight is 357 g/mol. The molecule has 0 bridgehead atoms. The first kappa shape index (κ1) is 16.8. The molecule has 25 heavy (non-hydrogen) atoms. The maximum absolute atomic E-state index is 13.0. The van der Waals surface area contributed by atoms with Crippen LogP contribution in [0.25, 0.3) is 10.6 Å². The fourth-order valence-corrected chi connectivity index (χ4v) is 3.24. The highest BCUT2D eigenvalue weighted by Gasteiger charge is 2.16. The van der Waals surface area contributed by atoms with Crippen molar-refractivity contribution in [2.45, 2.75) is 6.54 Å². The molecule has 0 spiro atoms. The fourth-order valence-electron chi connectivity index (χ4n) is 2.26. The quantitative estimate of drug-likeness (QED) is 0.732. The van der Waals surface area contributed by atoms with Gasteiger partial charge in [0.25, 0.3) is 0 Å². The van der Waals surface area contributed by atoms with Crippen molar-refractivity contribution in [1.29, 1.82) is 0 Å². The van der Waals surface area contributed by atoms with E-state index in [0.29, 0.717) is 10.9 Å². The molecule has 3 rings (SSSR count). The first-order valence-corrected chi connectivity index (χ1v) is 8.31. The van der Waals surface area contributed by atoms with Gasteiger partial charge in [-0.15, -0.1) is 11.3 Å². The van der Waals surface area contributed by atoms with Crippen molar-refractivity contribution in [2.24, 2.45) is 5.73 Å². The largest absolute Gasteiger partial charge is 0.357 e. The zero-order valence-corrected chi connectivity index (χ0v) is 14.3. The lowest BCUT2D eigenvalue weighted by Gasteiger charge is -2.18. The van der Waals surface area contributed by atoms with Gasteiger partial charge in [-0.2, -0.15) is 0 Å². The molecule has 0 aliphatic rings. The summed E-state index contributed by atoms with van der Waals surface area (Å²) in [6.45, 7) is 0.265. The van der Waals surface area contributed by atoms with Crippen LogP contribution < -0.4 is 16.0 Å². The molecule has 2 aromatic heterocycles. The van der Waals surface area contributed by atoms with Gasteiger partial charge in [0.1, 0.15) is 5.82 Å². The summed E-state index contributed by atoms with van der Waals surface area (Å²) in [5.41, 5.74) is 7.06. The summed E-state index contributed by atoms with van der Waals surface area (Å²) in [6, 6.07) is 10.9. The van der Waals surface area contributed by atoms with Gasteiger partial charge in [0.05, 0.1) is 22.1 Å². The molecule has 128 valence electrons. The Hall–Kier alpha value is -3.00. The van der Waals surface area contributed by atoms with Gasteiger partial charge >= 0.3 is 6.03 Å². The van der Waals surface area contributed by atoms with Crippen LogP contribution in [0, 0.1) is 5.82 Å². The Morgan fingerprint density at radius 1 is 1.24 bits per heavy atom. The van der Waals surface area contributed by atoms with Crippen molar-refractivity contribution in [3.63, 3.8) is 0 Å². The van der Waals surface area contributed by atoms with Crippen LogP contribution in [0.5, 0.6) is 0 Å². The third kappa shape index (κ3) is 3.92. The van der Waals surface area contributed by atoms with E-state index >= 15 is 0 Å². The molecule has 0 saturated carbocycles. The van der Waals surface area contributed by atoms with Crippen molar-refractivity contribution in [3.8, 4) is 10.6 Å². The molecular formula is C17H16FN5OS. The normalized spacial score (nSPS) is 10.5. The number of carbonyl (C=O) groups is 1. The summed E-state index contributed by atoms with van der Waals surface area (Å²) in [5, 5.41) is 3.58. The highest BCUT2D eigenvalue weighted by molar-refractivity contribution is 7.19. The number of anilines is 2. The number of hydrogen-bond acceptors (Lipinski definition) is 5. The number of hydrogen-bond donors (Lipinski definition) is 2. The number of rotatable bonds is 5. The van der Waals surface area contributed by atoms with Crippen LogP contribution in [-0.4, -0.2) is 23.0 Å². The number of carbonyl (C=O) groups excluding carboxylic acids is 1. The van der Waals surface area contributed by atoms with Gasteiger partial charge < -0.3 is 11.1 Å². The van der Waals surface area contributed by atoms with Gasteiger partial charge in [0, 0.05) is 13.2 Å². The molecule has 1 aromatic carbocycles. The summed E-state index contributed by atoms with van der Waals surface area (Å²) in [6.07, 6.45) is 1.66. The highest BCUT2D eigenvalue weighted by atomic mass is 32.1. The van der Waals surface area contributed by atoms with Crippen LogP contribution in [0.15, 0.2) is 48.7 Å². The summed E-state index contributed by atoms with van der Waals surface area (Å²) in [4.78, 5) is 22.7. The molecular weight excluding hydrogens is 341 g/mol. The number of nitrogens with one attached hydrogen (secondary N) is 1. The minimum Gasteiger partial charge on any atom is -0.357 e. The summed E-state index contributed by atoms with van der Waals surface area (Å²) in [5.74, 6) is 0.197. The number of amides is 2. The summed E-state index contributed by atoms with van der Waals surface area (Å²) >= 11 is 1.40. The number of aromatic nitrogens is 2. The molecule has 2 amide bonds. The lowest BCUT2D eigenvalue weighted by atomic mass is 10.2. The third-order valence-corrected chi connectivity index (χ3v) is 4.64. The van der Waals surface area contributed by atoms with E-state index in [4.69, 9.17) is 5.73 Å². The zero-order chi connectivity index (χ0) is 17.8. The second kappa shape index (κ2) is 7.27. The van der Waals surface area contributed by atoms with Crippen LogP contribution in [-0.2, 0) is 6.54 Å². The fraction of sp³-hybridized carbons (Fsp3) is 0.118. The molecule has 3 N–H and O–H groups in total. The number of nitrogens with zero attached hydrogens (tertiary/aromatic N) is 3. The van der Waals surface area contributed by atoms with E-state index in [1.54, 1.807) is 31.4 Å². The lowest BCUT2D eigenvalue weighted by molar-refractivity contribution is 0.254. The molecule has 0 aliphatic carbocycles. The first-order valence-electron chi connectivity index (χ1n) is 7.49. The molecule has 0 atom stereocenters. The van der Waals surface area contributed by atoms with E-state index in [1.165, 1.54) is 28.4 Å². The van der Waals surface area contributed by atoms with Gasteiger partial charge in [0.2, 0.25) is 5.95 Å². The Bertz CT molecular complexity index is 881. The van der Waals surface area contributed by atoms with Gasteiger partial charge in [-0.3, -0.25) is 4.90 Å². The van der Waals surface area contributed by atoms with Crippen LogP contribution in [0.1, 0.15) is 5.56 Å². The van der Waals surface area contributed by atoms with E-state index in [9.17, 15) is 9.18 Å². The molecule has 2 heterocycles. The molecule has 0 radical (unpaired) electrons. The van der Waals surface area contributed by atoms with Gasteiger partial charge in [-0.1, -0.05) is 12.1 Å². The van der Waals surface area contributed by atoms with Crippen LogP contribution in [0.4, 0.5) is 20.1 Å². The van der Waals surface area contributed by atoms with Crippen molar-refractivity contribution < 1.29 is 9.18 Å².